The van der Waals surface area contributed by atoms with Gasteiger partial charge in [0, 0.05) is 6.04 Å². The van der Waals surface area contributed by atoms with E-state index >= 15 is 0 Å². The first kappa shape index (κ1) is 15.4. The molecule has 3 aromatic rings. The number of hydrogen-bond donors (Lipinski definition) is 1. The SMILES string of the molecule is CSc1nc(NC2CCCCC2)c2cnn(-c3ccccc3)c2n1. The van der Waals surface area contributed by atoms with Crippen LogP contribution in [0.2, 0.25) is 0 Å². The Morgan fingerprint density at radius 3 is 2.62 bits per heavy atom. The molecule has 0 bridgehead atoms. The van der Waals surface area contributed by atoms with Crippen molar-refractivity contribution in [1.29, 1.82) is 0 Å². The van der Waals surface area contributed by atoms with E-state index in [-0.39, 0.29) is 0 Å². The number of nitrogens with one attached hydrogen (secondary N) is 1. The van der Waals surface area contributed by atoms with Crippen molar-refractivity contribution in [1.82, 2.24) is 19.7 Å². The van der Waals surface area contributed by atoms with E-state index in [9.17, 15) is 0 Å². The van der Waals surface area contributed by atoms with E-state index in [2.05, 4.69) is 10.4 Å². The molecule has 2 aromatic heterocycles. The predicted molar refractivity (Wildman–Crippen MR) is 98.9 cm³/mol. The Morgan fingerprint density at radius 2 is 1.88 bits per heavy atom. The summed E-state index contributed by atoms with van der Waals surface area (Å²) >= 11 is 1.56. The number of benzene rings is 1. The summed E-state index contributed by atoms with van der Waals surface area (Å²) < 4.78 is 1.89. The number of thioether (sulfide) groups is 1. The van der Waals surface area contributed by atoms with Gasteiger partial charge in [-0.2, -0.15) is 5.10 Å². The van der Waals surface area contributed by atoms with Gasteiger partial charge in [0.15, 0.2) is 10.8 Å². The Labute approximate surface area is 145 Å². The highest BCUT2D eigenvalue weighted by Gasteiger charge is 2.18. The molecule has 124 valence electrons. The zero-order valence-corrected chi connectivity index (χ0v) is 14.6. The van der Waals surface area contributed by atoms with Crippen LogP contribution in [0.15, 0.2) is 41.7 Å². The van der Waals surface area contributed by atoms with Crippen molar-refractivity contribution in [3.8, 4) is 5.69 Å². The molecular weight excluding hydrogens is 318 g/mol. The lowest BCUT2D eigenvalue weighted by Gasteiger charge is -2.23. The van der Waals surface area contributed by atoms with Crippen molar-refractivity contribution in [3.05, 3.63) is 36.5 Å². The minimum atomic E-state index is 0.506. The summed E-state index contributed by atoms with van der Waals surface area (Å²) in [5.74, 6) is 0.915. The van der Waals surface area contributed by atoms with E-state index in [4.69, 9.17) is 9.97 Å². The van der Waals surface area contributed by atoms with Crippen LogP contribution in [0.3, 0.4) is 0 Å². The number of nitrogens with zero attached hydrogens (tertiary/aromatic N) is 4. The third-order valence-corrected chi connectivity index (χ3v) is 5.09. The minimum absolute atomic E-state index is 0.506. The fourth-order valence-electron chi connectivity index (χ4n) is 3.29. The zero-order valence-electron chi connectivity index (χ0n) is 13.8. The average Bonchev–Trinajstić information content (AvgIpc) is 3.07. The van der Waals surface area contributed by atoms with Gasteiger partial charge in [-0.1, -0.05) is 49.2 Å². The monoisotopic (exact) mass is 339 g/mol. The minimum Gasteiger partial charge on any atom is -0.367 e. The molecule has 1 fully saturated rings. The highest BCUT2D eigenvalue weighted by atomic mass is 32.2. The smallest absolute Gasteiger partial charge is 0.191 e. The maximum Gasteiger partial charge on any atom is 0.191 e. The normalized spacial score (nSPS) is 15.7. The average molecular weight is 339 g/mol. The van der Waals surface area contributed by atoms with Gasteiger partial charge in [-0.05, 0) is 31.2 Å². The molecule has 0 aliphatic heterocycles. The standard InChI is InChI=1S/C18H21N5S/c1-24-18-21-16(20-13-8-4-2-5-9-13)15-12-19-23(17(15)22-18)14-10-6-3-7-11-14/h3,6-7,10-13H,2,4-5,8-9H2,1H3,(H,20,21,22). The van der Waals surface area contributed by atoms with Crippen LogP contribution < -0.4 is 5.32 Å². The van der Waals surface area contributed by atoms with Crippen molar-refractivity contribution in [2.45, 2.75) is 43.3 Å². The van der Waals surface area contributed by atoms with Crippen LogP contribution in [-0.4, -0.2) is 32.0 Å². The molecule has 6 heteroatoms. The topological polar surface area (TPSA) is 55.6 Å². The van der Waals surface area contributed by atoms with Gasteiger partial charge in [-0.15, -0.1) is 0 Å². The molecule has 1 saturated carbocycles. The Kier molecular flexibility index (Phi) is 4.38. The van der Waals surface area contributed by atoms with Gasteiger partial charge in [0.25, 0.3) is 0 Å². The first-order valence-electron chi connectivity index (χ1n) is 8.47. The number of para-hydroxylation sites is 1. The van der Waals surface area contributed by atoms with Crippen molar-refractivity contribution in [3.63, 3.8) is 0 Å². The number of hydrogen-bond acceptors (Lipinski definition) is 5. The molecule has 0 unspecified atom stereocenters. The quantitative estimate of drug-likeness (QED) is 0.568. The Hall–Kier alpha value is -2.08. The van der Waals surface area contributed by atoms with Crippen LogP contribution in [0.4, 0.5) is 5.82 Å². The highest BCUT2D eigenvalue weighted by molar-refractivity contribution is 7.98. The lowest BCUT2D eigenvalue weighted by atomic mass is 9.95. The lowest BCUT2D eigenvalue weighted by Crippen LogP contribution is -2.23. The number of anilines is 1. The Morgan fingerprint density at radius 1 is 1.08 bits per heavy atom. The van der Waals surface area contributed by atoms with Crippen molar-refractivity contribution in [2.75, 3.05) is 11.6 Å². The second-order valence-electron chi connectivity index (χ2n) is 6.17. The second-order valence-corrected chi connectivity index (χ2v) is 6.94. The van der Waals surface area contributed by atoms with E-state index in [0.29, 0.717) is 6.04 Å². The first-order chi connectivity index (χ1) is 11.8. The summed E-state index contributed by atoms with van der Waals surface area (Å²) in [4.78, 5) is 9.40. The fourth-order valence-corrected chi connectivity index (χ4v) is 3.65. The molecular formula is C18H21N5S. The van der Waals surface area contributed by atoms with Crippen LogP contribution >= 0.6 is 11.8 Å². The van der Waals surface area contributed by atoms with E-state index < -0.39 is 0 Å². The molecule has 24 heavy (non-hydrogen) atoms. The van der Waals surface area contributed by atoms with E-state index in [1.165, 1.54) is 32.1 Å². The molecule has 0 amide bonds. The highest BCUT2D eigenvalue weighted by Crippen LogP contribution is 2.28. The summed E-state index contributed by atoms with van der Waals surface area (Å²) in [6.07, 6.45) is 10.3. The van der Waals surface area contributed by atoms with Crippen molar-refractivity contribution >= 4 is 28.6 Å². The lowest BCUT2D eigenvalue weighted by molar-refractivity contribution is 0.462. The summed E-state index contributed by atoms with van der Waals surface area (Å²) in [7, 11) is 0. The maximum absolute atomic E-state index is 4.71. The molecule has 0 radical (unpaired) electrons. The van der Waals surface area contributed by atoms with Crippen LogP contribution in [0.1, 0.15) is 32.1 Å². The van der Waals surface area contributed by atoms with Crippen LogP contribution in [-0.2, 0) is 0 Å². The molecule has 1 aliphatic rings. The van der Waals surface area contributed by atoms with Crippen molar-refractivity contribution in [2.24, 2.45) is 0 Å². The number of aromatic nitrogens is 4. The third-order valence-electron chi connectivity index (χ3n) is 4.54. The van der Waals surface area contributed by atoms with E-state index in [1.807, 2.05) is 47.5 Å². The summed E-state index contributed by atoms with van der Waals surface area (Å²) in [6.45, 7) is 0. The van der Waals surface area contributed by atoms with Crippen molar-refractivity contribution < 1.29 is 0 Å². The zero-order chi connectivity index (χ0) is 16.4. The molecule has 1 aliphatic carbocycles. The van der Waals surface area contributed by atoms with Gasteiger partial charge in [0.2, 0.25) is 0 Å². The molecule has 1 N–H and O–H groups in total. The second kappa shape index (κ2) is 6.81. The van der Waals surface area contributed by atoms with Gasteiger partial charge >= 0.3 is 0 Å². The maximum atomic E-state index is 4.71. The Bertz CT molecular complexity index is 824. The molecule has 0 saturated heterocycles. The van der Waals surface area contributed by atoms with Gasteiger partial charge in [-0.3, -0.25) is 0 Å². The largest absolute Gasteiger partial charge is 0.367 e. The van der Waals surface area contributed by atoms with Crippen LogP contribution in [0, 0.1) is 0 Å². The van der Waals surface area contributed by atoms with Gasteiger partial charge in [0.1, 0.15) is 5.82 Å². The molecule has 4 rings (SSSR count). The Balaban J connectivity index is 1.77. The number of fused-ring (bicyclic) bond motifs is 1. The summed E-state index contributed by atoms with van der Waals surface area (Å²) in [6, 6.07) is 10.6. The third kappa shape index (κ3) is 2.98. The molecule has 5 nitrogen and oxygen atoms in total. The van der Waals surface area contributed by atoms with Gasteiger partial charge < -0.3 is 5.32 Å². The van der Waals surface area contributed by atoms with E-state index in [1.54, 1.807) is 11.8 Å². The van der Waals surface area contributed by atoms with Crippen LogP contribution in [0.5, 0.6) is 0 Å². The molecule has 2 heterocycles. The molecule has 0 atom stereocenters. The summed E-state index contributed by atoms with van der Waals surface area (Å²) in [5, 5.41) is 9.97. The van der Waals surface area contributed by atoms with Crippen LogP contribution in [0.25, 0.3) is 16.7 Å². The molecule has 1 aromatic carbocycles. The van der Waals surface area contributed by atoms with Gasteiger partial charge in [-0.25, -0.2) is 14.6 Å². The fraction of sp³-hybridized carbons (Fsp3) is 0.389. The van der Waals surface area contributed by atoms with E-state index in [0.717, 1.165) is 27.7 Å². The van der Waals surface area contributed by atoms with Gasteiger partial charge in [0.05, 0.1) is 17.3 Å². The summed E-state index contributed by atoms with van der Waals surface area (Å²) in [5.41, 5.74) is 1.88. The first-order valence-corrected chi connectivity index (χ1v) is 9.69. The molecule has 0 spiro atoms. The predicted octanol–water partition coefficient (Wildman–Crippen LogP) is 4.28. The number of rotatable bonds is 4.